The second-order valence-electron chi connectivity index (χ2n) is 7.21. The van der Waals surface area contributed by atoms with Crippen molar-refractivity contribution < 1.29 is 9.18 Å². The average molecular weight is 330 g/mol. The van der Waals surface area contributed by atoms with Crippen LogP contribution in [-0.4, -0.2) is 40.9 Å². The molecule has 0 saturated carbocycles. The number of hydrogen-bond acceptors (Lipinski definition) is 2. The Morgan fingerprint density at radius 3 is 2.62 bits per heavy atom. The normalized spacial score (nSPS) is 21.7. The van der Waals surface area contributed by atoms with Gasteiger partial charge in [-0.1, -0.05) is 29.8 Å². The summed E-state index contributed by atoms with van der Waals surface area (Å²) >= 11 is 0. The maximum absolute atomic E-state index is 14.0. The van der Waals surface area contributed by atoms with Gasteiger partial charge in [0, 0.05) is 43.7 Å². The third-order valence-electron chi connectivity index (χ3n) is 5.72. The van der Waals surface area contributed by atoms with Crippen molar-refractivity contribution >= 4 is 5.91 Å². The molecule has 3 rings (SSSR count). The summed E-state index contributed by atoms with van der Waals surface area (Å²) in [5.74, 6) is -0.0372. The number of hydrogen-bond donors (Lipinski definition) is 0. The minimum absolute atomic E-state index is 0.0697. The van der Waals surface area contributed by atoms with E-state index >= 15 is 0 Å². The second kappa shape index (κ2) is 7.06. The maximum atomic E-state index is 14.0. The number of likely N-dealkylation sites (tertiary alicyclic amines) is 2. The van der Waals surface area contributed by atoms with Crippen LogP contribution >= 0.6 is 0 Å². The van der Waals surface area contributed by atoms with Crippen LogP contribution in [-0.2, 0) is 11.3 Å². The van der Waals surface area contributed by atoms with Gasteiger partial charge in [0.2, 0.25) is 5.91 Å². The van der Waals surface area contributed by atoms with Gasteiger partial charge in [-0.3, -0.25) is 9.69 Å². The Morgan fingerprint density at radius 1 is 1.25 bits per heavy atom. The van der Waals surface area contributed by atoms with Crippen molar-refractivity contribution in [1.82, 2.24) is 9.80 Å². The molecule has 2 heterocycles. The highest BCUT2D eigenvalue weighted by Crippen LogP contribution is 2.40. The second-order valence-corrected chi connectivity index (χ2v) is 7.21. The SMILES string of the molecule is C/C=C(\C)CN1CCC2(CCC(=O)N2Cc2ccccc2F)CC1. The van der Waals surface area contributed by atoms with Crippen molar-refractivity contribution in [2.45, 2.75) is 51.6 Å². The molecule has 2 fully saturated rings. The van der Waals surface area contributed by atoms with Gasteiger partial charge in [0.25, 0.3) is 0 Å². The zero-order valence-corrected chi connectivity index (χ0v) is 14.7. The minimum atomic E-state index is -0.214. The quantitative estimate of drug-likeness (QED) is 0.785. The number of carbonyl (C=O) groups is 1. The molecule has 2 saturated heterocycles. The minimum Gasteiger partial charge on any atom is -0.332 e. The molecular weight excluding hydrogens is 303 g/mol. The van der Waals surface area contributed by atoms with Gasteiger partial charge in [-0.15, -0.1) is 0 Å². The zero-order valence-electron chi connectivity index (χ0n) is 14.7. The molecule has 3 nitrogen and oxygen atoms in total. The average Bonchev–Trinajstić information content (AvgIpc) is 2.88. The fraction of sp³-hybridized carbons (Fsp3) is 0.550. The first kappa shape index (κ1) is 17.2. The Labute approximate surface area is 144 Å². The van der Waals surface area contributed by atoms with Crippen LogP contribution in [0.2, 0.25) is 0 Å². The molecule has 2 aliphatic heterocycles. The summed E-state index contributed by atoms with van der Waals surface area (Å²) < 4.78 is 14.0. The molecule has 0 N–H and O–H groups in total. The summed E-state index contributed by atoms with van der Waals surface area (Å²) in [6, 6.07) is 6.81. The molecule has 1 aromatic rings. The topological polar surface area (TPSA) is 23.6 Å². The van der Waals surface area contributed by atoms with E-state index in [1.54, 1.807) is 12.1 Å². The Morgan fingerprint density at radius 2 is 1.96 bits per heavy atom. The van der Waals surface area contributed by atoms with Crippen molar-refractivity contribution in [2.24, 2.45) is 0 Å². The van der Waals surface area contributed by atoms with E-state index in [1.165, 1.54) is 11.6 Å². The molecule has 1 spiro atoms. The molecule has 0 atom stereocenters. The van der Waals surface area contributed by atoms with E-state index in [-0.39, 0.29) is 17.3 Å². The Hall–Kier alpha value is -1.68. The van der Waals surface area contributed by atoms with Gasteiger partial charge in [-0.2, -0.15) is 0 Å². The first-order valence-corrected chi connectivity index (χ1v) is 8.92. The highest BCUT2D eigenvalue weighted by Gasteiger charge is 2.46. The van der Waals surface area contributed by atoms with Crippen LogP contribution in [0.25, 0.3) is 0 Å². The van der Waals surface area contributed by atoms with Crippen LogP contribution in [0, 0.1) is 5.82 Å². The van der Waals surface area contributed by atoms with Crippen LogP contribution < -0.4 is 0 Å². The predicted octanol–water partition coefficient (Wildman–Crippen LogP) is 3.75. The summed E-state index contributed by atoms with van der Waals surface area (Å²) in [7, 11) is 0. The molecule has 4 heteroatoms. The largest absolute Gasteiger partial charge is 0.332 e. The highest BCUT2D eigenvalue weighted by atomic mass is 19.1. The third-order valence-corrected chi connectivity index (χ3v) is 5.72. The fourth-order valence-electron chi connectivity index (χ4n) is 4.02. The molecule has 0 aromatic heterocycles. The smallest absolute Gasteiger partial charge is 0.223 e. The van der Waals surface area contributed by atoms with E-state index in [1.807, 2.05) is 11.0 Å². The number of halogens is 1. The van der Waals surface area contributed by atoms with Gasteiger partial charge in [0.05, 0.1) is 0 Å². The number of amides is 1. The van der Waals surface area contributed by atoms with Crippen LogP contribution in [0.3, 0.4) is 0 Å². The first-order valence-electron chi connectivity index (χ1n) is 8.92. The van der Waals surface area contributed by atoms with Crippen molar-refractivity contribution in [3.05, 3.63) is 47.3 Å². The summed E-state index contributed by atoms with van der Waals surface area (Å²) in [4.78, 5) is 16.9. The fourth-order valence-corrected chi connectivity index (χ4v) is 4.02. The Balaban J connectivity index is 1.71. The zero-order chi connectivity index (χ0) is 17.2. The molecule has 0 unspecified atom stereocenters. The summed E-state index contributed by atoms with van der Waals surface area (Å²) in [5.41, 5.74) is 1.94. The van der Waals surface area contributed by atoms with Crippen LogP contribution in [0.4, 0.5) is 4.39 Å². The van der Waals surface area contributed by atoms with Gasteiger partial charge in [-0.05, 0) is 39.2 Å². The van der Waals surface area contributed by atoms with E-state index in [2.05, 4.69) is 24.8 Å². The molecule has 0 bridgehead atoms. The van der Waals surface area contributed by atoms with Crippen molar-refractivity contribution in [3.63, 3.8) is 0 Å². The van der Waals surface area contributed by atoms with Gasteiger partial charge >= 0.3 is 0 Å². The predicted molar refractivity (Wildman–Crippen MR) is 94.0 cm³/mol. The lowest BCUT2D eigenvalue weighted by molar-refractivity contribution is -0.133. The summed E-state index contributed by atoms with van der Waals surface area (Å²) in [6.45, 7) is 7.66. The Bertz CT molecular complexity index is 632. The lowest BCUT2D eigenvalue weighted by Crippen LogP contribution is -2.53. The third kappa shape index (κ3) is 3.39. The molecule has 130 valence electrons. The number of allylic oxidation sites excluding steroid dienone is 1. The van der Waals surface area contributed by atoms with Gasteiger partial charge < -0.3 is 4.90 Å². The molecular formula is C20H27FN2O. The van der Waals surface area contributed by atoms with Crippen molar-refractivity contribution in [1.29, 1.82) is 0 Å². The van der Waals surface area contributed by atoms with Crippen LogP contribution in [0.1, 0.15) is 45.1 Å². The van der Waals surface area contributed by atoms with E-state index in [4.69, 9.17) is 0 Å². The number of rotatable bonds is 4. The van der Waals surface area contributed by atoms with E-state index in [0.717, 1.165) is 38.9 Å². The van der Waals surface area contributed by atoms with E-state index in [0.29, 0.717) is 18.5 Å². The first-order chi connectivity index (χ1) is 11.5. The van der Waals surface area contributed by atoms with Crippen LogP contribution in [0.5, 0.6) is 0 Å². The molecule has 0 aliphatic carbocycles. The van der Waals surface area contributed by atoms with E-state index in [9.17, 15) is 9.18 Å². The molecule has 24 heavy (non-hydrogen) atoms. The van der Waals surface area contributed by atoms with Gasteiger partial charge in [-0.25, -0.2) is 4.39 Å². The lowest BCUT2D eigenvalue weighted by Gasteiger charge is -2.45. The molecule has 0 radical (unpaired) electrons. The highest BCUT2D eigenvalue weighted by molar-refractivity contribution is 5.79. The maximum Gasteiger partial charge on any atom is 0.223 e. The molecule has 1 aromatic carbocycles. The number of nitrogens with zero attached hydrogens (tertiary/aromatic N) is 2. The lowest BCUT2D eigenvalue weighted by atomic mass is 9.84. The standard InChI is InChI=1S/C20H27FN2O/c1-3-16(2)14-22-12-10-20(11-13-22)9-8-19(24)23(20)15-17-6-4-5-7-18(17)21/h3-7H,8-15H2,1-2H3/b16-3+. The van der Waals surface area contributed by atoms with Crippen molar-refractivity contribution in [2.75, 3.05) is 19.6 Å². The van der Waals surface area contributed by atoms with Crippen molar-refractivity contribution in [3.8, 4) is 0 Å². The summed E-state index contributed by atoms with van der Waals surface area (Å²) in [6.07, 6.45) is 5.65. The Kier molecular flexibility index (Phi) is 5.04. The summed E-state index contributed by atoms with van der Waals surface area (Å²) in [5, 5.41) is 0. The monoisotopic (exact) mass is 330 g/mol. The van der Waals surface area contributed by atoms with Gasteiger partial charge in [0.15, 0.2) is 0 Å². The number of piperidine rings is 1. The number of carbonyl (C=O) groups excluding carboxylic acids is 1. The number of benzene rings is 1. The van der Waals surface area contributed by atoms with Gasteiger partial charge in [0.1, 0.15) is 5.82 Å². The van der Waals surface area contributed by atoms with Crippen LogP contribution in [0.15, 0.2) is 35.9 Å². The van der Waals surface area contributed by atoms with E-state index < -0.39 is 0 Å². The molecule has 2 aliphatic rings. The molecule has 1 amide bonds.